The Labute approximate surface area is 121 Å². The summed E-state index contributed by atoms with van der Waals surface area (Å²) in [5.74, 6) is 0.540. The highest BCUT2D eigenvalue weighted by molar-refractivity contribution is 5.87. The second kappa shape index (κ2) is 6.60. The maximum atomic E-state index is 11.6. The van der Waals surface area contributed by atoms with Crippen LogP contribution < -0.4 is 4.74 Å². The summed E-state index contributed by atoms with van der Waals surface area (Å²) in [6.07, 6.45) is 2.86. The fourth-order valence-corrected chi connectivity index (χ4v) is 1.64. The van der Waals surface area contributed by atoms with Crippen LogP contribution in [0.5, 0.6) is 11.5 Å². The number of aromatic hydroxyl groups is 1. The summed E-state index contributed by atoms with van der Waals surface area (Å²) in [4.78, 5) is 11.6. The van der Waals surface area contributed by atoms with Crippen LogP contribution in [0.4, 0.5) is 0 Å². The van der Waals surface area contributed by atoms with Gasteiger partial charge in [-0.2, -0.15) is 0 Å². The van der Waals surface area contributed by atoms with Gasteiger partial charge in [-0.05, 0) is 30.7 Å². The molecule has 0 atom stereocenters. The fraction of sp³-hybridized carbons (Fsp3) is 0.200. The largest absolute Gasteiger partial charge is 0.504 e. The van der Waals surface area contributed by atoms with Crippen molar-refractivity contribution >= 4 is 12.0 Å². The normalized spacial score (nSPS) is 10.8. The Kier molecular flexibility index (Phi) is 4.61. The molecule has 0 fully saturated rings. The van der Waals surface area contributed by atoms with Crippen LogP contribution in [-0.4, -0.2) is 23.3 Å². The molecule has 0 saturated carbocycles. The summed E-state index contributed by atoms with van der Waals surface area (Å²) >= 11 is 0. The summed E-state index contributed by atoms with van der Waals surface area (Å²) < 4.78 is 14.9. The second-order valence-corrected chi connectivity index (χ2v) is 4.30. The number of rotatable bonds is 5. The molecule has 0 unspecified atom stereocenters. The summed E-state index contributed by atoms with van der Waals surface area (Å²) in [5.41, 5.74) is 1.26. The molecule has 0 radical (unpaired) electrons. The number of hydrogen-bond donors (Lipinski definition) is 1. The van der Waals surface area contributed by atoms with E-state index in [1.54, 1.807) is 31.2 Å². The maximum Gasteiger partial charge on any atom is 0.331 e. The molecule has 0 aliphatic heterocycles. The molecule has 1 aromatic heterocycles. The third kappa shape index (κ3) is 4.10. The number of benzene rings is 1. The third-order valence-corrected chi connectivity index (χ3v) is 2.65. The highest BCUT2D eigenvalue weighted by atomic mass is 16.5. The van der Waals surface area contributed by atoms with Crippen molar-refractivity contribution in [3.8, 4) is 11.5 Å². The number of phenolic OH excluding ortho intramolecular Hbond substituents is 1. The van der Waals surface area contributed by atoms with Gasteiger partial charge in [0.15, 0.2) is 11.5 Å². The second-order valence-electron chi connectivity index (χ2n) is 4.30. The van der Waals surface area contributed by atoms with Gasteiger partial charge in [0.25, 0.3) is 0 Å². The first-order valence-electron chi connectivity index (χ1n) is 6.22. The van der Waals surface area contributed by atoms with Gasteiger partial charge < -0.3 is 19.1 Å². The van der Waals surface area contributed by atoms with Gasteiger partial charge in [0.05, 0.1) is 7.11 Å². The van der Waals surface area contributed by atoms with Crippen molar-refractivity contribution in [1.82, 2.24) is 5.16 Å². The lowest BCUT2D eigenvalue weighted by Crippen LogP contribution is -2.00. The van der Waals surface area contributed by atoms with Crippen molar-refractivity contribution in [2.75, 3.05) is 7.11 Å². The van der Waals surface area contributed by atoms with E-state index in [2.05, 4.69) is 5.16 Å². The number of esters is 1. The maximum absolute atomic E-state index is 11.6. The fourth-order valence-electron chi connectivity index (χ4n) is 1.64. The van der Waals surface area contributed by atoms with Crippen LogP contribution in [0.15, 0.2) is 34.9 Å². The minimum Gasteiger partial charge on any atom is -0.504 e. The molecule has 0 aliphatic rings. The van der Waals surface area contributed by atoms with E-state index in [-0.39, 0.29) is 12.4 Å². The molecule has 6 heteroatoms. The molecular formula is C15H15NO5. The zero-order chi connectivity index (χ0) is 15.2. The number of aromatic nitrogens is 1. The zero-order valence-corrected chi connectivity index (χ0v) is 11.7. The summed E-state index contributed by atoms with van der Waals surface area (Å²) in [6.45, 7) is 1.82. The Morgan fingerprint density at radius 2 is 2.24 bits per heavy atom. The highest BCUT2D eigenvalue weighted by Crippen LogP contribution is 2.26. The van der Waals surface area contributed by atoms with E-state index < -0.39 is 5.97 Å². The lowest BCUT2D eigenvalue weighted by atomic mass is 10.2. The van der Waals surface area contributed by atoms with Gasteiger partial charge in [0.2, 0.25) is 0 Å². The molecule has 2 rings (SSSR count). The highest BCUT2D eigenvalue weighted by Gasteiger charge is 2.04. The van der Waals surface area contributed by atoms with Gasteiger partial charge in [-0.25, -0.2) is 4.79 Å². The molecule has 21 heavy (non-hydrogen) atoms. The van der Waals surface area contributed by atoms with Gasteiger partial charge in [-0.1, -0.05) is 11.2 Å². The van der Waals surface area contributed by atoms with E-state index in [0.717, 1.165) is 0 Å². The third-order valence-electron chi connectivity index (χ3n) is 2.65. The predicted octanol–water partition coefficient (Wildman–Crippen LogP) is 2.45. The van der Waals surface area contributed by atoms with Gasteiger partial charge >= 0.3 is 5.97 Å². The van der Waals surface area contributed by atoms with Crippen LogP contribution in [0.25, 0.3) is 6.08 Å². The SMILES string of the molecule is COc1cc(/C=C/C(=O)OCc2cc(C)on2)ccc1O. The van der Waals surface area contributed by atoms with Gasteiger partial charge in [-0.3, -0.25) is 0 Å². The van der Waals surface area contributed by atoms with Crippen molar-refractivity contribution < 1.29 is 23.9 Å². The van der Waals surface area contributed by atoms with E-state index in [1.807, 2.05) is 0 Å². The van der Waals surface area contributed by atoms with E-state index in [1.165, 1.54) is 19.3 Å². The van der Waals surface area contributed by atoms with Gasteiger partial charge in [-0.15, -0.1) is 0 Å². The first kappa shape index (κ1) is 14.6. The Morgan fingerprint density at radius 3 is 2.90 bits per heavy atom. The Bertz CT molecular complexity index is 660. The molecule has 6 nitrogen and oxygen atoms in total. The number of nitrogens with zero attached hydrogens (tertiary/aromatic N) is 1. The minimum absolute atomic E-state index is 0.0404. The van der Waals surface area contributed by atoms with E-state index in [4.69, 9.17) is 14.0 Å². The number of methoxy groups -OCH3 is 1. The lowest BCUT2D eigenvalue weighted by Gasteiger charge is -2.03. The van der Waals surface area contributed by atoms with Crippen molar-refractivity contribution in [1.29, 1.82) is 0 Å². The molecular weight excluding hydrogens is 274 g/mol. The van der Waals surface area contributed by atoms with E-state index in [9.17, 15) is 9.90 Å². The number of phenols is 1. The molecule has 1 aromatic carbocycles. The average Bonchev–Trinajstić information content (AvgIpc) is 2.90. The van der Waals surface area contributed by atoms with Crippen LogP contribution in [-0.2, 0) is 16.1 Å². The minimum atomic E-state index is -0.498. The van der Waals surface area contributed by atoms with Crippen LogP contribution in [0.3, 0.4) is 0 Å². The van der Waals surface area contributed by atoms with Crippen LogP contribution in [0.1, 0.15) is 17.0 Å². The van der Waals surface area contributed by atoms with Crippen molar-refractivity contribution in [2.45, 2.75) is 13.5 Å². The number of carbonyl (C=O) groups excluding carboxylic acids is 1. The molecule has 110 valence electrons. The number of aryl methyl sites for hydroxylation is 1. The Morgan fingerprint density at radius 1 is 1.43 bits per heavy atom. The number of hydrogen-bond acceptors (Lipinski definition) is 6. The van der Waals surface area contributed by atoms with Crippen LogP contribution >= 0.6 is 0 Å². The molecule has 1 heterocycles. The number of ether oxygens (including phenoxy) is 2. The molecule has 0 amide bonds. The van der Waals surface area contributed by atoms with Gasteiger partial charge in [0, 0.05) is 12.1 Å². The number of carbonyl (C=O) groups is 1. The molecule has 0 spiro atoms. The zero-order valence-electron chi connectivity index (χ0n) is 11.7. The Hall–Kier alpha value is -2.76. The first-order valence-corrected chi connectivity index (χ1v) is 6.22. The van der Waals surface area contributed by atoms with Gasteiger partial charge in [0.1, 0.15) is 18.1 Å². The smallest absolute Gasteiger partial charge is 0.331 e. The van der Waals surface area contributed by atoms with E-state index >= 15 is 0 Å². The van der Waals surface area contributed by atoms with Crippen LogP contribution in [0, 0.1) is 6.92 Å². The quantitative estimate of drug-likeness (QED) is 0.672. The topological polar surface area (TPSA) is 81.8 Å². The first-order chi connectivity index (χ1) is 10.1. The molecule has 0 aliphatic carbocycles. The standard InChI is InChI=1S/C15H15NO5/c1-10-7-12(16-21-10)9-20-15(18)6-4-11-3-5-13(17)14(8-11)19-2/h3-8,17H,9H2,1-2H3/b6-4+. The Balaban J connectivity index is 1.92. The lowest BCUT2D eigenvalue weighted by molar-refractivity contribution is -0.139. The van der Waals surface area contributed by atoms with Crippen LogP contribution in [0.2, 0.25) is 0 Å². The predicted molar refractivity (Wildman–Crippen MR) is 74.7 cm³/mol. The molecule has 0 bridgehead atoms. The van der Waals surface area contributed by atoms with Crippen molar-refractivity contribution in [2.24, 2.45) is 0 Å². The molecule has 0 saturated heterocycles. The summed E-state index contributed by atoms with van der Waals surface area (Å²) in [5, 5.41) is 13.2. The summed E-state index contributed by atoms with van der Waals surface area (Å²) in [6, 6.07) is 6.45. The molecule has 1 N–H and O–H groups in total. The van der Waals surface area contributed by atoms with Crippen molar-refractivity contribution in [3.63, 3.8) is 0 Å². The van der Waals surface area contributed by atoms with E-state index in [0.29, 0.717) is 22.8 Å². The summed E-state index contributed by atoms with van der Waals surface area (Å²) in [7, 11) is 1.46. The molecule has 2 aromatic rings. The monoisotopic (exact) mass is 289 g/mol. The average molecular weight is 289 g/mol. The van der Waals surface area contributed by atoms with Crippen molar-refractivity contribution in [3.05, 3.63) is 47.4 Å².